The number of carbonyl (C=O) groups is 1. The Balaban J connectivity index is 1.93. The first-order valence-electron chi connectivity index (χ1n) is 6.88. The van der Waals surface area contributed by atoms with Crippen LogP contribution in [-0.2, 0) is 11.2 Å². The molecule has 0 bridgehead atoms. The van der Waals surface area contributed by atoms with Gasteiger partial charge in [0.1, 0.15) is 0 Å². The zero-order valence-corrected chi connectivity index (χ0v) is 14.7. The smallest absolute Gasteiger partial charge is 0.224 e. The molecule has 1 amide bonds. The van der Waals surface area contributed by atoms with Crippen molar-refractivity contribution in [1.29, 1.82) is 0 Å². The molecule has 0 atom stereocenters. The van der Waals surface area contributed by atoms with Crippen molar-refractivity contribution in [3.8, 4) is 11.5 Å². The average molecular weight is 411 g/mol. The molecule has 0 radical (unpaired) electrons. The van der Waals surface area contributed by atoms with E-state index in [9.17, 15) is 4.79 Å². The summed E-state index contributed by atoms with van der Waals surface area (Å²) in [6.07, 6.45) is 1.07. The van der Waals surface area contributed by atoms with E-state index in [1.54, 1.807) is 14.2 Å². The zero-order valence-electron chi connectivity index (χ0n) is 12.6. The van der Waals surface area contributed by atoms with Gasteiger partial charge in [0, 0.05) is 15.7 Å². The second-order valence-electron chi connectivity index (χ2n) is 4.75. The number of nitrogens with one attached hydrogen (secondary N) is 1. The van der Waals surface area contributed by atoms with Gasteiger partial charge in [0.25, 0.3) is 0 Å². The van der Waals surface area contributed by atoms with Crippen molar-refractivity contribution in [2.75, 3.05) is 19.5 Å². The summed E-state index contributed by atoms with van der Waals surface area (Å²) in [6, 6.07) is 13.4. The average Bonchev–Trinajstić information content (AvgIpc) is 2.52. The standard InChI is InChI=1S/C17H18INO3/c1-21-15-8-6-12(10-16(15)22-2)7-9-17(20)19-14-5-3-4-13(18)11-14/h3-6,8,10-11H,7,9H2,1-2H3,(H,19,20). The van der Waals surface area contributed by atoms with E-state index in [0.29, 0.717) is 24.3 Å². The van der Waals surface area contributed by atoms with Crippen LogP contribution in [0.2, 0.25) is 0 Å². The number of methoxy groups -OCH3 is 2. The van der Waals surface area contributed by atoms with Gasteiger partial charge in [-0.2, -0.15) is 0 Å². The quantitative estimate of drug-likeness (QED) is 0.735. The molecular formula is C17H18INO3. The Kier molecular flexibility index (Phi) is 6.06. The fraction of sp³-hybridized carbons (Fsp3) is 0.235. The molecule has 116 valence electrons. The number of carbonyl (C=O) groups excluding carboxylic acids is 1. The van der Waals surface area contributed by atoms with Crippen LogP contribution in [0.4, 0.5) is 5.69 Å². The minimum Gasteiger partial charge on any atom is -0.493 e. The van der Waals surface area contributed by atoms with Crippen molar-refractivity contribution < 1.29 is 14.3 Å². The number of amides is 1. The van der Waals surface area contributed by atoms with Gasteiger partial charge in [-0.1, -0.05) is 12.1 Å². The molecule has 0 unspecified atom stereocenters. The molecule has 0 aromatic heterocycles. The summed E-state index contributed by atoms with van der Waals surface area (Å²) in [5.74, 6) is 1.37. The Morgan fingerprint density at radius 1 is 1.09 bits per heavy atom. The van der Waals surface area contributed by atoms with Gasteiger partial charge in [0.15, 0.2) is 11.5 Å². The molecule has 2 aromatic carbocycles. The van der Waals surface area contributed by atoms with Crippen LogP contribution < -0.4 is 14.8 Å². The largest absolute Gasteiger partial charge is 0.493 e. The molecule has 0 heterocycles. The lowest BCUT2D eigenvalue weighted by molar-refractivity contribution is -0.116. The van der Waals surface area contributed by atoms with Crippen LogP contribution in [0.15, 0.2) is 42.5 Å². The van der Waals surface area contributed by atoms with Gasteiger partial charge in [-0.15, -0.1) is 0 Å². The van der Waals surface area contributed by atoms with Crippen molar-refractivity contribution in [2.45, 2.75) is 12.8 Å². The van der Waals surface area contributed by atoms with Crippen molar-refractivity contribution >= 4 is 34.2 Å². The number of halogens is 1. The van der Waals surface area contributed by atoms with Crippen LogP contribution in [0, 0.1) is 3.57 Å². The number of anilines is 1. The van der Waals surface area contributed by atoms with Crippen molar-refractivity contribution in [3.63, 3.8) is 0 Å². The van der Waals surface area contributed by atoms with E-state index in [-0.39, 0.29) is 5.91 Å². The Hall–Kier alpha value is -1.76. The molecular weight excluding hydrogens is 393 g/mol. The number of benzene rings is 2. The van der Waals surface area contributed by atoms with Crippen LogP contribution in [0.5, 0.6) is 11.5 Å². The monoisotopic (exact) mass is 411 g/mol. The first-order valence-corrected chi connectivity index (χ1v) is 7.96. The predicted molar refractivity (Wildman–Crippen MR) is 95.7 cm³/mol. The molecule has 0 saturated carbocycles. The lowest BCUT2D eigenvalue weighted by atomic mass is 10.1. The summed E-state index contributed by atoms with van der Waals surface area (Å²) in [4.78, 5) is 12.0. The third kappa shape index (κ3) is 4.62. The summed E-state index contributed by atoms with van der Waals surface area (Å²) in [5.41, 5.74) is 1.86. The van der Waals surface area contributed by atoms with Gasteiger partial charge in [-0.3, -0.25) is 4.79 Å². The molecule has 2 aromatic rings. The van der Waals surface area contributed by atoms with Crippen LogP contribution in [0.1, 0.15) is 12.0 Å². The van der Waals surface area contributed by atoms with Gasteiger partial charge in [0.05, 0.1) is 14.2 Å². The van der Waals surface area contributed by atoms with E-state index in [0.717, 1.165) is 14.8 Å². The Morgan fingerprint density at radius 3 is 2.55 bits per heavy atom. The second kappa shape index (κ2) is 8.03. The highest BCUT2D eigenvalue weighted by Crippen LogP contribution is 2.28. The Bertz CT molecular complexity index is 658. The SMILES string of the molecule is COc1ccc(CCC(=O)Nc2cccc(I)c2)cc1OC. The third-order valence-electron chi connectivity index (χ3n) is 3.20. The van der Waals surface area contributed by atoms with Gasteiger partial charge in [0.2, 0.25) is 5.91 Å². The van der Waals surface area contributed by atoms with E-state index in [2.05, 4.69) is 27.9 Å². The lowest BCUT2D eigenvalue weighted by Gasteiger charge is -2.10. The van der Waals surface area contributed by atoms with E-state index in [1.165, 1.54) is 0 Å². The maximum atomic E-state index is 12.0. The molecule has 0 spiro atoms. The molecule has 0 aliphatic heterocycles. The topological polar surface area (TPSA) is 47.6 Å². The molecule has 22 heavy (non-hydrogen) atoms. The fourth-order valence-corrected chi connectivity index (χ4v) is 2.63. The molecule has 5 heteroatoms. The van der Waals surface area contributed by atoms with Crippen LogP contribution >= 0.6 is 22.6 Å². The van der Waals surface area contributed by atoms with Crippen molar-refractivity contribution in [1.82, 2.24) is 0 Å². The van der Waals surface area contributed by atoms with Gasteiger partial charge < -0.3 is 14.8 Å². The van der Waals surface area contributed by atoms with E-state index in [4.69, 9.17) is 9.47 Å². The number of ether oxygens (including phenoxy) is 2. The van der Waals surface area contributed by atoms with Crippen LogP contribution in [-0.4, -0.2) is 20.1 Å². The number of hydrogen-bond donors (Lipinski definition) is 1. The summed E-state index contributed by atoms with van der Waals surface area (Å²) in [7, 11) is 3.21. The molecule has 2 rings (SSSR count). The maximum absolute atomic E-state index is 12.0. The summed E-state index contributed by atoms with van der Waals surface area (Å²) in [5, 5.41) is 2.90. The second-order valence-corrected chi connectivity index (χ2v) is 5.99. The summed E-state index contributed by atoms with van der Waals surface area (Å²) >= 11 is 2.22. The van der Waals surface area contributed by atoms with Crippen LogP contribution in [0.25, 0.3) is 0 Å². The number of rotatable bonds is 6. The molecule has 0 fully saturated rings. The molecule has 0 aliphatic rings. The first-order chi connectivity index (χ1) is 10.6. The van der Waals surface area contributed by atoms with E-state index < -0.39 is 0 Å². The number of hydrogen-bond acceptors (Lipinski definition) is 3. The predicted octanol–water partition coefficient (Wildman–Crippen LogP) is 3.88. The van der Waals surface area contributed by atoms with Gasteiger partial charge >= 0.3 is 0 Å². The Labute approximate surface area is 144 Å². The molecule has 0 saturated heterocycles. The van der Waals surface area contributed by atoms with E-state index >= 15 is 0 Å². The fourth-order valence-electron chi connectivity index (χ4n) is 2.08. The lowest BCUT2D eigenvalue weighted by Crippen LogP contribution is -2.12. The normalized spacial score (nSPS) is 10.1. The zero-order chi connectivity index (χ0) is 15.9. The van der Waals surface area contributed by atoms with Crippen molar-refractivity contribution in [2.24, 2.45) is 0 Å². The Morgan fingerprint density at radius 2 is 1.86 bits per heavy atom. The maximum Gasteiger partial charge on any atom is 0.224 e. The molecule has 1 N–H and O–H groups in total. The number of aryl methyl sites for hydroxylation is 1. The highest BCUT2D eigenvalue weighted by Gasteiger charge is 2.07. The van der Waals surface area contributed by atoms with Gasteiger partial charge in [-0.25, -0.2) is 0 Å². The van der Waals surface area contributed by atoms with Gasteiger partial charge in [-0.05, 0) is 64.9 Å². The minimum absolute atomic E-state index is 0.00298. The molecule has 0 aliphatic carbocycles. The third-order valence-corrected chi connectivity index (χ3v) is 3.87. The van der Waals surface area contributed by atoms with Crippen molar-refractivity contribution in [3.05, 3.63) is 51.6 Å². The molecule has 4 nitrogen and oxygen atoms in total. The highest BCUT2D eigenvalue weighted by atomic mass is 127. The minimum atomic E-state index is -0.00298. The summed E-state index contributed by atoms with van der Waals surface area (Å²) in [6.45, 7) is 0. The summed E-state index contributed by atoms with van der Waals surface area (Å²) < 4.78 is 11.6. The van der Waals surface area contributed by atoms with Crippen LogP contribution in [0.3, 0.4) is 0 Å². The van der Waals surface area contributed by atoms with E-state index in [1.807, 2.05) is 42.5 Å². The highest BCUT2D eigenvalue weighted by molar-refractivity contribution is 14.1. The first kappa shape index (κ1) is 16.6.